The molecule has 2 aromatic carbocycles. The fourth-order valence-corrected chi connectivity index (χ4v) is 2.64. The van der Waals surface area contributed by atoms with E-state index in [1.54, 1.807) is 14.2 Å². The average molecular weight is 386 g/mol. The zero-order valence-electron chi connectivity index (χ0n) is 17.3. The Labute approximate surface area is 167 Å². The highest BCUT2D eigenvalue weighted by molar-refractivity contribution is 5.90. The molecule has 0 fully saturated rings. The van der Waals surface area contributed by atoms with Gasteiger partial charge in [0.2, 0.25) is 5.91 Å². The van der Waals surface area contributed by atoms with Gasteiger partial charge in [-0.1, -0.05) is 19.9 Å². The van der Waals surface area contributed by atoms with Crippen LogP contribution in [0.3, 0.4) is 0 Å². The molecule has 0 spiro atoms. The number of ether oxygens (including phenoxy) is 3. The normalized spacial score (nSPS) is 10.5. The summed E-state index contributed by atoms with van der Waals surface area (Å²) in [5, 5.41) is 6.10. The van der Waals surface area contributed by atoms with E-state index in [0.29, 0.717) is 30.5 Å². The third-order valence-electron chi connectivity index (χ3n) is 4.19. The molecule has 2 aromatic rings. The van der Waals surface area contributed by atoms with Crippen molar-refractivity contribution < 1.29 is 19.0 Å². The van der Waals surface area contributed by atoms with Gasteiger partial charge in [0.25, 0.3) is 0 Å². The molecule has 6 nitrogen and oxygen atoms in total. The molecule has 0 heterocycles. The number of carbonyl (C=O) groups is 1. The largest absolute Gasteiger partial charge is 0.494 e. The van der Waals surface area contributed by atoms with Crippen LogP contribution in [0.5, 0.6) is 17.2 Å². The Balaban J connectivity index is 2.02. The van der Waals surface area contributed by atoms with Gasteiger partial charge in [0.1, 0.15) is 5.75 Å². The first-order valence-corrected chi connectivity index (χ1v) is 9.42. The van der Waals surface area contributed by atoms with E-state index >= 15 is 0 Å². The minimum Gasteiger partial charge on any atom is -0.494 e. The van der Waals surface area contributed by atoms with Gasteiger partial charge in [0.05, 0.1) is 26.5 Å². The number of benzene rings is 2. The third kappa shape index (κ3) is 6.37. The first kappa shape index (κ1) is 21.4. The molecule has 28 heavy (non-hydrogen) atoms. The van der Waals surface area contributed by atoms with Crippen molar-refractivity contribution >= 4 is 17.3 Å². The second-order valence-corrected chi connectivity index (χ2v) is 6.97. The molecular formula is C22H30N2O4. The molecule has 0 aliphatic rings. The molecule has 0 bridgehead atoms. The zero-order chi connectivity index (χ0) is 20.5. The Kier molecular flexibility index (Phi) is 7.99. The number of hydrogen-bond donors (Lipinski definition) is 2. The Morgan fingerprint density at radius 1 is 1.00 bits per heavy atom. The molecule has 0 radical (unpaired) electrons. The number of anilines is 2. The monoisotopic (exact) mass is 386 g/mol. The first-order valence-electron chi connectivity index (χ1n) is 9.42. The topological polar surface area (TPSA) is 68.8 Å². The number of carbonyl (C=O) groups excluding carboxylic acids is 1. The van der Waals surface area contributed by atoms with Crippen molar-refractivity contribution in [3.63, 3.8) is 0 Å². The van der Waals surface area contributed by atoms with Crippen LogP contribution < -0.4 is 24.8 Å². The van der Waals surface area contributed by atoms with Crippen LogP contribution in [0.4, 0.5) is 11.4 Å². The summed E-state index contributed by atoms with van der Waals surface area (Å²) in [5.41, 5.74) is 2.60. The minimum absolute atomic E-state index is 0.137. The summed E-state index contributed by atoms with van der Waals surface area (Å²) in [4.78, 5) is 11.3. The summed E-state index contributed by atoms with van der Waals surface area (Å²) in [5.74, 6) is 2.55. The molecule has 0 saturated carbocycles. The standard InChI is InChI=1S/C22H30N2O4/c1-15(2)10-11-28-20-9-6-17(12-22(20)27-5)14-23-18-7-8-19(24-16(3)25)21(13-18)26-4/h6-9,12-13,15,23H,10-11,14H2,1-5H3,(H,24,25). The van der Waals surface area contributed by atoms with Gasteiger partial charge in [-0.2, -0.15) is 0 Å². The summed E-state index contributed by atoms with van der Waals surface area (Å²) in [6.07, 6.45) is 1.00. The maximum atomic E-state index is 11.3. The third-order valence-corrected chi connectivity index (χ3v) is 4.19. The Bertz CT molecular complexity index is 790. The fourth-order valence-electron chi connectivity index (χ4n) is 2.64. The quantitative estimate of drug-likeness (QED) is 0.619. The smallest absolute Gasteiger partial charge is 0.221 e. The number of methoxy groups -OCH3 is 2. The first-order chi connectivity index (χ1) is 13.4. The molecule has 2 rings (SSSR count). The van der Waals surface area contributed by atoms with Crippen LogP contribution in [0.25, 0.3) is 0 Å². The highest BCUT2D eigenvalue weighted by Crippen LogP contribution is 2.30. The number of hydrogen-bond acceptors (Lipinski definition) is 5. The number of rotatable bonds is 10. The summed E-state index contributed by atoms with van der Waals surface area (Å²) in [6, 6.07) is 11.5. The fraction of sp³-hybridized carbons (Fsp3) is 0.409. The second kappa shape index (κ2) is 10.4. The number of nitrogens with one attached hydrogen (secondary N) is 2. The summed E-state index contributed by atoms with van der Waals surface area (Å²) in [6.45, 7) is 7.10. The van der Waals surface area contributed by atoms with Crippen LogP contribution >= 0.6 is 0 Å². The van der Waals surface area contributed by atoms with Gasteiger partial charge in [-0.05, 0) is 42.2 Å². The van der Waals surface area contributed by atoms with E-state index in [-0.39, 0.29) is 5.91 Å². The van der Waals surface area contributed by atoms with Crippen molar-refractivity contribution in [2.45, 2.75) is 33.7 Å². The lowest BCUT2D eigenvalue weighted by Gasteiger charge is -2.15. The highest BCUT2D eigenvalue weighted by atomic mass is 16.5. The van der Waals surface area contributed by atoms with E-state index < -0.39 is 0 Å². The van der Waals surface area contributed by atoms with Gasteiger partial charge in [-0.3, -0.25) is 4.79 Å². The van der Waals surface area contributed by atoms with Crippen molar-refractivity contribution in [3.05, 3.63) is 42.0 Å². The SMILES string of the molecule is COc1cc(NCc2ccc(OCCC(C)C)c(OC)c2)ccc1NC(C)=O. The van der Waals surface area contributed by atoms with Crippen LogP contribution in [-0.4, -0.2) is 26.7 Å². The molecule has 6 heteroatoms. The lowest BCUT2D eigenvalue weighted by Crippen LogP contribution is -2.08. The minimum atomic E-state index is -0.137. The van der Waals surface area contributed by atoms with Crippen LogP contribution in [0.15, 0.2) is 36.4 Å². The van der Waals surface area contributed by atoms with E-state index in [0.717, 1.165) is 29.2 Å². The van der Waals surface area contributed by atoms with E-state index in [1.807, 2.05) is 36.4 Å². The Morgan fingerprint density at radius 2 is 1.75 bits per heavy atom. The molecule has 2 N–H and O–H groups in total. The van der Waals surface area contributed by atoms with Gasteiger partial charge in [0, 0.05) is 25.2 Å². The molecule has 0 aromatic heterocycles. The van der Waals surface area contributed by atoms with Crippen LogP contribution in [0.1, 0.15) is 32.8 Å². The molecule has 0 saturated heterocycles. The molecule has 152 valence electrons. The summed E-state index contributed by atoms with van der Waals surface area (Å²) >= 11 is 0. The predicted molar refractivity (Wildman–Crippen MR) is 113 cm³/mol. The summed E-state index contributed by atoms with van der Waals surface area (Å²) in [7, 11) is 3.22. The van der Waals surface area contributed by atoms with Crippen molar-refractivity contribution in [3.8, 4) is 17.2 Å². The van der Waals surface area contributed by atoms with Crippen molar-refractivity contribution in [1.82, 2.24) is 0 Å². The van der Waals surface area contributed by atoms with Gasteiger partial charge in [0.15, 0.2) is 11.5 Å². The maximum absolute atomic E-state index is 11.3. The number of amides is 1. The Hall–Kier alpha value is -2.89. The lowest BCUT2D eigenvalue weighted by molar-refractivity contribution is -0.114. The van der Waals surface area contributed by atoms with E-state index in [1.165, 1.54) is 6.92 Å². The predicted octanol–water partition coefficient (Wildman–Crippen LogP) is 4.70. The van der Waals surface area contributed by atoms with Gasteiger partial charge < -0.3 is 24.8 Å². The molecule has 0 aliphatic heterocycles. The van der Waals surface area contributed by atoms with E-state index in [2.05, 4.69) is 24.5 Å². The lowest BCUT2D eigenvalue weighted by atomic mass is 10.1. The van der Waals surface area contributed by atoms with Crippen molar-refractivity contribution in [1.29, 1.82) is 0 Å². The van der Waals surface area contributed by atoms with Crippen LogP contribution in [-0.2, 0) is 11.3 Å². The van der Waals surface area contributed by atoms with Crippen LogP contribution in [0, 0.1) is 5.92 Å². The van der Waals surface area contributed by atoms with E-state index in [9.17, 15) is 4.79 Å². The molecule has 0 unspecified atom stereocenters. The van der Waals surface area contributed by atoms with Crippen molar-refractivity contribution in [2.24, 2.45) is 5.92 Å². The maximum Gasteiger partial charge on any atom is 0.221 e. The van der Waals surface area contributed by atoms with Gasteiger partial charge >= 0.3 is 0 Å². The van der Waals surface area contributed by atoms with Crippen LogP contribution in [0.2, 0.25) is 0 Å². The van der Waals surface area contributed by atoms with Crippen molar-refractivity contribution in [2.75, 3.05) is 31.5 Å². The second-order valence-electron chi connectivity index (χ2n) is 6.97. The molecule has 0 atom stereocenters. The molecule has 1 amide bonds. The molecular weight excluding hydrogens is 356 g/mol. The van der Waals surface area contributed by atoms with Gasteiger partial charge in [-0.25, -0.2) is 0 Å². The highest BCUT2D eigenvalue weighted by Gasteiger charge is 2.08. The molecule has 0 aliphatic carbocycles. The summed E-state index contributed by atoms with van der Waals surface area (Å²) < 4.78 is 16.7. The van der Waals surface area contributed by atoms with E-state index in [4.69, 9.17) is 14.2 Å². The zero-order valence-corrected chi connectivity index (χ0v) is 17.3. The average Bonchev–Trinajstić information content (AvgIpc) is 2.67. The van der Waals surface area contributed by atoms with Gasteiger partial charge in [-0.15, -0.1) is 0 Å². The Morgan fingerprint density at radius 3 is 2.39 bits per heavy atom.